The van der Waals surface area contributed by atoms with Crippen LogP contribution in [0.15, 0.2) is 0 Å². The summed E-state index contributed by atoms with van der Waals surface area (Å²) in [5.41, 5.74) is 8.03. The Bertz CT molecular complexity index is 330. The molecule has 1 fully saturated rings. The van der Waals surface area contributed by atoms with E-state index in [4.69, 9.17) is 5.73 Å². The highest BCUT2D eigenvalue weighted by atomic mass is 15.0. The molecule has 0 atom stereocenters. The van der Waals surface area contributed by atoms with Crippen LogP contribution in [0.25, 0.3) is 0 Å². The molecule has 0 bridgehead atoms. The zero-order valence-corrected chi connectivity index (χ0v) is 8.39. The fraction of sp³-hybridized carbons (Fsp3) is 0.600. The maximum absolute atomic E-state index is 5.79. The third-order valence-corrected chi connectivity index (χ3v) is 2.97. The summed E-state index contributed by atoms with van der Waals surface area (Å²) in [4.78, 5) is 8.81. The molecule has 1 aromatic rings. The van der Waals surface area contributed by atoms with E-state index in [1.807, 2.05) is 13.8 Å². The van der Waals surface area contributed by atoms with Gasteiger partial charge in [0, 0.05) is 16.7 Å². The van der Waals surface area contributed by atoms with Gasteiger partial charge in [-0.05, 0) is 26.7 Å². The first-order valence-corrected chi connectivity index (χ1v) is 4.64. The second kappa shape index (κ2) is 2.44. The zero-order valence-electron chi connectivity index (χ0n) is 8.39. The highest BCUT2D eigenvalue weighted by Gasteiger charge is 2.42. The van der Waals surface area contributed by atoms with Crippen molar-refractivity contribution >= 4 is 5.82 Å². The fourth-order valence-electron chi connectivity index (χ4n) is 1.33. The number of rotatable bonds is 1. The summed E-state index contributed by atoms with van der Waals surface area (Å²) in [6.07, 6.45) is 2.38. The first-order chi connectivity index (χ1) is 6.03. The van der Waals surface area contributed by atoms with Crippen LogP contribution in [-0.2, 0) is 5.41 Å². The maximum atomic E-state index is 5.79. The third-order valence-electron chi connectivity index (χ3n) is 2.97. The number of hydrogen-bond acceptors (Lipinski definition) is 3. The van der Waals surface area contributed by atoms with Crippen LogP contribution in [0.5, 0.6) is 0 Å². The van der Waals surface area contributed by atoms with Gasteiger partial charge in [0.15, 0.2) is 0 Å². The van der Waals surface area contributed by atoms with Gasteiger partial charge in [-0.15, -0.1) is 0 Å². The Balaban J connectivity index is 2.50. The number of nitrogens with two attached hydrogens (primary N) is 1. The van der Waals surface area contributed by atoms with E-state index in [0.29, 0.717) is 5.82 Å². The second-order valence-electron chi connectivity index (χ2n) is 4.20. The Morgan fingerprint density at radius 3 is 2.31 bits per heavy atom. The molecule has 13 heavy (non-hydrogen) atoms. The van der Waals surface area contributed by atoms with E-state index in [-0.39, 0.29) is 5.41 Å². The lowest BCUT2D eigenvalue weighted by Gasteiger charge is -2.10. The number of aromatic nitrogens is 2. The molecule has 1 aliphatic carbocycles. The van der Waals surface area contributed by atoms with Gasteiger partial charge in [-0.3, -0.25) is 0 Å². The molecule has 1 heterocycles. The Morgan fingerprint density at radius 2 is 1.85 bits per heavy atom. The highest BCUT2D eigenvalue weighted by Crippen LogP contribution is 2.46. The number of nitrogens with zero attached hydrogens (tertiary/aromatic N) is 2. The largest absolute Gasteiger partial charge is 0.383 e. The summed E-state index contributed by atoms with van der Waals surface area (Å²) < 4.78 is 0. The maximum Gasteiger partial charge on any atom is 0.136 e. The van der Waals surface area contributed by atoms with Crippen LogP contribution in [0.3, 0.4) is 0 Å². The molecule has 1 aromatic heterocycles. The van der Waals surface area contributed by atoms with E-state index in [9.17, 15) is 0 Å². The van der Waals surface area contributed by atoms with Crippen LogP contribution in [0, 0.1) is 13.8 Å². The van der Waals surface area contributed by atoms with Crippen molar-refractivity contribution in [3.63, 3.8) is 0 Å². The number of nitrogen functional groups attached to an aromatic ring is 1. The van der Waals surface area contributed by atoms with E-state index < -0.39 is 0 Å². The Labute approximate surface area is 78.4 Å². The van der Waals surface area contributed by atoms with Crippen LogP contribution >= 0.6 is 0 Å². The van der Waals surface area contributed by atoms with Crippen molar-refractivity contribution in [2.75, 3.05) is 5.73 Å². The molecular formula is C10H15N3. The molecule has 0 radical (unpaired) electrons. The van der Waals surface area contributed by atoms with Crippen molar-refractivity contribution in [2.24, 2.45) is 0 Å². The van der Waals surface area contributed by atoms with Crippen LogP contribution in [-0.4, -0.2) is 9.97 Å². The second-order valence-corrected chi connectivity index (χ2v) is 4.20. The van der Waals surface area contributed by atoms with Crippen molar-refractivity contribution in [3.8, 4) is 0 Å². The Hall–Kier alpha value is -1.12. The van der Waals surface area contributed by atoms with Crippen molar-refractivity contribution in [1.29, 1.82) is 0 Å². The van der Waals surface area contributed by atoms with Gasteiger partial charge in [-0.25, -0.2) is 9.97 Å². The molecule has 2 rings (SSSR count). The molecule has 3 heteroatoms. The Kier molecular flexibility index (Phi) is 1.59. The molecule has 0 aromatic carbocycles. The van der Waals surface area contributed by atoms with Crippen molar-refractivity contribution in [3.05, 3.63) is 17.1 Å². The Morgan fingerprint density at radius 1 is 1.23 bits per heavy atom. The van der Waals surface area contributed by atoms with E-state index in [0.717, 1.165) is 17.1 Å². The van der Waals surface area contributed by atoms with E-state index >= 15 is 0 Å². The van der Waals surface area contributed by atoms with Crippen LogP contribution in [0.4, 0.5) is 5.82 Å². The lowest BCUT2D eigenvalue weighted by molar-refractivity contribution is 0.703. The summed E-state index contributed by atoms with van der Waals surface area (Å²) in [5.74, 6) is 1.56. The highest BCUT2D eigenvalue weighted by molar-refractivity contribution is 5.42. The molecule has 0 unspecified atom stereocenters. The minimum Gasteiger partial charge on any atom is -0.383 e. The molecule has 70 valence electrons. The average molecular weight is 177 g/mol. The topological polar surface area (TPSA) is 51.8 Å². The van der Waals surface area contributed by atoms with Gasteiger partial charge < -0.3 is 5.73 Å². The first-order valence-electron chi connectivity index (χ1n) is 4.64. The van der Waals surface area contributed by atoms with E-state index in [2.05, 4.69) is 16.9 Å². The summed E-state index contributed by atoms with van der Waals surface area (Å²) in [7, 11) is 0. The standard InChI is InChI=1S/C10H15N3/c1-6-7(2)12-9(13-8(6)11)10(3)4-5-10/h4-5H2,1-3H3,(H2,11,12,13). The fourth-order valence-corrected chi connectivity index (χ4v) is 1.33. The van der Waals surface area contributed by atoms with E-state index in [1.54, 1.807) is 0 Å². The quantitative estimate of drug-likeness (QED) is 0.710. The van der Waals surface area contributed by atoms with Crippen LogP contribution in [0.1, 0.15) is 36.8 Å². The summed E-state index contributed by atoms with van der Waals surface area (Å²) in [6.45, 7) is 6.14. The van der Waals surface area contributed by atoms with Gasteiger partial charge in [0.05, 0.1) is 0 Å². The van der Waals surface area contributed by atoms with Gasteiger partial charge in [-0.1, -0.05) is 6.92 Å². The minimum atomic E-state index is 0.215. The SMILES string of the molecule is Cc1nc(C2(C)CC2)nc(N)c1C. The third kappa shape index (κ3) is 1.28. The normalized spacial score (nSPS) is 18.7. The van der Waals surface area contributed by atoms with Crippen LogP contribution < -0.4 is 5.73 Å². The van der Waals surface area contributed by atoms with Crippen molar-refractivity contribution in [1.82, 2.24) is 9.97 Å². The smallest absolute Gasteiger partial charge is 0.136 e. The molecule has 0 aliphatic heterocycles. The van der Waals surface area contributed by atoms with Gasteiger partial charge in [0.1, 0.15) is 11.6 Å². The number of anilines is 1. The number of aryl methyl sites for hydroxylation is 1. The van der Waals surface area contributed by atoms with Gasteiger partial charge in [0.2, 0.25) is 0 Å². The predicted molar refractivity (Wildman–Crippen MR) is 52.5 cm³/mol. The van der Waals surface area contributed by atoms with Gasteiger partial charge in [0.25, 0.3) is 0 Å². The molecule has 0 spiro atoms. The first kappa shape index (κ1) is 8.48. The lowest BCUT2D eigenvalue weighted by Crippen LogP contribution is -2.11. The molecule has 3 nitrogen and oxygen atoms in total. The minimum absolute atomic E-state index is 0.215. The molecule has 0 amide bonds. The van der Waals surface area contributed by atoms with E-state index in [1.165, 1.54) is 12.8 Å². The zero-order chi connectivity index (χ0) is 9.64. The summed E-state index contributed by atoms with van der Waals surface area (Å²) in [5, 5.41) is 0. The predicted octanol–water partition coefficient (Wildman–Crippen LogP) is 1.73. The molecule has 1 aliphatic rings. The van der Waals surface area contributed by atoms with Crippen LogP contribution in [0.2, 0.25) is 0 Å². The lowest BCUT2D eigenvalue weighted by atomic mass is 10.1. The monoisotopic (exact) mass is 177 g/mol. The molecule has 0 saturated heterocycles. The number of hydrogen-bond donors (Lipinski definition) is 1. The van der Waals surface area contributed by atoms with Crippen molar-refractivity contribution in [2.45, 2.75) is 39.0 Å². The van der Waals surface area contributed by atoms with Gasteiger partial charge in [-0.2, -0.15) is 0 Å². The molecule has 1 saturated carbocycles. The molecular weight excluding hydrogens is 162 g/mol. The van der Waals surface area contributed by atoms with Crippen molar-refractivity contribution < 1.29 is 0 Å². The average Bonchev–Trinajstić information content (AvgIpc) is 2.80. The summed E-state index contributed by atoms with van der Waals surface area (Å²) in [6, 6.07) is 0. The summed E-state index contributed by atoms with van der Waals surface area (Å²) >= 11 is 0. The van der Waals surface area contributed by atoms with Gasteiger partial charge >= 0.3 is 0 Å². The molecule has 2 N–H and O–H groups in total.